The van der Waals surface area contributed by atoms with Gasteiger partial charge in [0.15, 0.2) is 11.6 Å². The molecule has 0 saturated carbocycles. The molecule has 0 spiro atoms. The Labute approximate surface area is 194 Å². The van der Waals surface area contributed by atoms with Crippen molar-refractivity contribution in [3.63, 3.8) is 0 Å². The molecule has 34 heavy (non-hydrogen) atoms. The standard InChI is InChI=1S/C24H25N5O5/c1-33-18-9-6-15(7-10-18)21-12-16(29-34-21)8-11-22(31)25-13-17(30)14-26-23-19-4-2-3-5-20(19)24(32)28-27-23/h2-7,9-10,12,17,30H,8,11,13-14H2,1H3,(H,25,31)(H,26,27)(H,28,32). The summed E-state index contributed by atoms with van der Waals surface area (Å²) in [5.41, 5.74) is 1.25. The zero-order valence-corrected chi connectivity index (χ0v) is 18.6. The molecule has 4 aromatic rings. The molecule has 1 amide bonds. The number of H-pyrrole nitrogens is 1. The number of hydrogen-bond acceptors (Lipinski definition) is 8. The fourth-order valence-corrected chi connectivity index (χ4v) is 3.42. The summed E-state index contributed by atoms with van der Waals surface area (Å²) in [5, 5.41) is 27.5. The molecule has 2 aromatic carbocycles. The Morgan fingerprint density at radius 2 is 1.91 bits per heavy atom. The van der Waals surface area contributed by atoms with E-state index in [-0.39, 0.29) is 31.0 Å². The summed E-state index contributed by atoms with van der Waals surface area (Å²) in [7, 11) is 1.60. The van der Waals surface area contributed by atoms with Crippen LogP contribution >= 0.6 is 0 Å². The van der Waals surface area contributed by atoms with Crippen LogP contribution in [0.1, 0.15) is 12.1 Å². The molecule has 0 bridgehead atoms. The number of hydrogen-bond donors (Lipinski definition) is 4. The van der Waals surface area contributed by atoms with Crippen molar-refractivity contribution < 1.29 is 19.2 Å². The third-order valence-corrected chi connectivity index (χ3v) is 5.28. The molecule has 10 heteroatoms. The van der Waals surface area contributed by atoms with Crippen molar-refractivity contribution >= 4 is 22.5 Å². The topological polar surface area (TPSA) is 142 Å². The molecule has 4 rings (SSSR count). The first-order chi connectivity index (χ1) is 16.5. The summed E-state index contributed by atoms with van der Waals surface area (Å²) < 4.78 is 10.5. The van der Waals surface area contributed by atoms with Crippen LogP contribution < -0.4 is 20.9 Å². The van der Waals surface area contributed by atoms with E-state index in [2.05, 4.69) is 26.0 Å². The van der Waals surface area contributed by atoms with E-state index in [4.69, 9.17) is 9.26 Å². The molecule has 1 atom stereocenters. The highest BCUT2D eigenvalue weighted by atomic mass is 16.5. The van der Waals surface area contributed by atoms with Crippen molar-refractivity contribution in [1.29, 1.82) is 0 Å². The van der Waals surface area contributed by atoms with Crippen molar-refractivity contribution in [1.82, 2.24) is 20.7 Å². The lowest BCUT2D eigenvalue weighted by Gasteiger charge is -2.14. The molecule has 0 aliphatic heterocycles. The Bertz CT molecular complexity index is 1320. The molecule has 4 N–H and O–H groups in total. The maximum absolute atomic E-state index is 12.2. The van der Waals surface area contributed by atoms with E-state index in [1.807, 2.05) is 24.3 Å². The third kappa shape index (κ3) is 5.59. The summed E-state index contributed by atoms with van der Waals surface area (Å²) in [6, 6.07) is 16.3. The Kier molecular flexibility index (Phi) is 7.19. The highest BCUT2D eigenvalue weighted by Crippen LogP contribution is 2.23. The number of nitrogens with one attached hydrogen (secondary N) is 3. The molecule has 2 heterocycles. The van der Waals surface area contributed by atoms with E-state index in [1.165, 1.54) is 0 Å². The van der Waals surface area contributed by atoms with Gasteiger partial charge in [0.1, 0.15) is 5.75 Å². The first-order valence-electron chi connectivity index (χ1n) is 10.8. The van der Waals surface area contributed by atoms with Crippen LogP contribution in [-0.2, 0) is 11.2 Å². The lowest BCUT2D eigenvalue weighted by atomic mass is 10.1. The van der Waals surface area contributed by atoms with E-state index >= 15 is 0 Å². The van der Waals surface area contributed by atoms with E-state index in [0.29, 0.717) is 34.5 Å². The monoisotopic (exact) mass is 463 g/mol. The van der Waals surface area contributed by atoms with Gasteiger partial charge in [0.05, 0.1) is 24.3 Å². The second-order valence-electron chi connectivity index (χ2n) is 7.70. The maximum Gasteiger partial charge on any atom is 0.272 e. The number of carbonyl (C=O) groups is 1. The van der Waals surface area contributed by atoms with Gasteiger partial charge in [-0.2, -0.15) is 5.10 Å². The maximum atomic E-state index is 12.2. The van der Waals surface area contributed by atoms with Crippen molar-refractivity contribution in [3.05, 3.63) is 70.6 Å². The van der Waals surface area contributed by atoms with Gasteiger partial charge >= 0.3 is 0 Å². The fourth-order valence-electron chi connectivity index (χ4n) is 3.42. The van der Waals surface area contributed by atoms with Crippen LogP contribution in [0.4, 0.5) is 5.82 Å². The van der Waals surface area contributed by atoms with Crippen LogP contribution in [0.2, 0.25) is 0 Å². The highest BCUT2D eigenvalue weighted by molar-refractivity contribution is 5.90. The first kappa shape index (κ1) is 23.0. The third-order valence-electron chi connectivity index (χ3n) is 5.28. The van der Waals surface area contributed by atoms with Gasteiger partial charge in [0.2, 0.25) is 5.91 Å². The van der Waals surface area contributed by atoms with E-state index in [9.17, 15) is 14.7 Å². The van der Waals surface area contributed by atoms with Crippen LogP contribution in [0.5, 0.6) is 5.75 Å². The van der Waals surface area contributed by atoms with Crippen LogP contribution in [-0.4, -0.2) is 52.7 Å². The number of anilines is 1. The van der Waals surface area contributed by atoms with Crippen LogP contribution in [0.25, 0.3) is 22.1 Å². The normalized spacial score (nSPS) is 11.8. The Morgan fingerprint density at radius 3 is 2.68 bits per heavy atom. The lowest BCUT2D eigenvalue weighted by molar-refractivity contribution is -0.121. The molecule has 0 aliphatic carbocycles. The van der Waals surface area contributed by atoms with Gasteiger partial charge in [0.25, 0.3) is 5.56 Å². The number of aryl methyl sites for hydroxylation is 1. The zero-order valence-electron chi connectivity index (χ0n) is 18.6. The minimum absolute atomic E-state index is 0.0725. The summed E-state index contributed by atoms with van der Waals surface area (Å²) in [6.07, 6.45) is -0.223. The van der Waals surface area contributed by atoms with Crippen molar-refractivity contribution in [3.8, 4) is 17.1 Å². The summed E-state index contributed by atoms with van der Waals surface area (Å²) >= 11 is 0. The molecule has 0 fully saturated rings. The molecule has 2 aromatic heterocycles. The minimum Gasteiger partial charge on any atom is -0.497 e. The Balaban J connectivity index is 1.22. The molecule has 10 nitrogen and oxygen atoms in total. The largest absolute Gasteiger partial charge is 0.497 e. The summed E-state index contributed by atoms with van der Waals surface area (Å²) in [6.45, 7) is 0.223. The number of aromatic nitrogens is 3. The molecule has 0 saturated heterocycles. The number of methoxy groups -OCH3 is 1. The minimum atomic E-state index is -0.842. The van der Waals surface area contributed by atoms with Gasteiger partial charge in [-0.1, -0.05) is 23.4 Å². The molecule has 0 aliphatic rings. The SMILES string of the molecule is COc1ccc(-c2cc(CCC(=O)NCC(O)CNc3n[nH]c(=O)c4ccccc34)no2)cc1. The Hall–Kier alpha value is -4.18. The van der Waals surface area contributed by atoms with E-state index in [1.54, 1.807) is 37.4 Å². The van der Waals surface area contributed by atoms with E-state index in [0.717, 1.165) is 11.3 Å². The number of carbonyl (C=O) groups excluding carboxylic acids is 1. The smallest absolute Gasteiger partial charge is 0.272 e. The molecular weight excluding hydrogens is 438 g/mol. The molecule has 1 unspecified atom stereocenters. The number of rotatable bonds is 10. The van der Waals surface area contributed by atoms with Crippen LogP contribution in [0, 0.1) is 0 Å². The van der Waals surface area contributed by atoms with E-state index < -0.39 is 6.10 Å². The van der Waals surface area contributed by atoms with Gasteiger partial charge in [0, 0.05) is 42.9 Å². The van der Waals surface area contributed by atoms with Gasteiger partial charge in [-0.15, -0.1) is 0 Å². The predicted octanol–water partition coefficient (Wildman–Crippen LogP) is 2.11. The van der Waals surface area contributed by atoms with Gasteiger partial charge in [-0.25, -0.2) is 5.10 Å². The second kappa shape index (κ2) is 10.6. The predicted molar refractivity (Wildman–Crippen MR) is 127 cm³/mol. The fraction of sp³-hybridized carbons (Fsp3) is 0.250. The van der Waals surface area contributed by atoms with Gasteiger partial charge < -0.3 is 25.0 Å². The second-order valence-corrected chi connectivity index (χ2v) is 7.70. The van der Waals surface area contributed by atoms with Gasteiger partial charge in [-0.05, 0) is 30.3 Å². The number of aromatic amines is 1. The number of fused-ring (bicyclic) bond motifs is 1. The summed E-state index contributed by atoms with van der Waals surface area (Å²) in [4.78, 5) is 24.0. The van der Waals surface area contributed by atoms with Crippen molar-refractivity contribution in [2.75, 3.05) is 25.5 Å². The number of nitrogens with zero attached hydrogens (tertiary/aromatic N) is 2. The number of aliphatic hydroxyl groups is 1. The molecule has 176 valence electrons. The average Bonchev–Trinajstić information content (AvgIpc) is 3.35. The first-order valence-corrected chi connectivity index (χ1v) is 10.8. The van der Waals surface area contributed by atoms with Crippen LogP contribution in [0.15, 0.2) is 63.9 Å². The number of benzene rings is 2. The van der Waals surface area contributed by atoms with Gasteiger partial charge in [-0.3, -0.25) is 9.59 Å². The summed E-state index contributed by atoms with van der Waals surface area (Å²) in [5.74, 6) is 1.61. The van der Waals surface area contributed by atoms with Crippen LogP contribution in [0.3, 0.4) is 0 Å². The highest BCUT2D eigenvalue weighted by Gasteiger charge is 2.12. The number of aliphatic hydroxyl groups excluding tert-OH is 1. The average molecular weight is 463 g/mol. The van der Waals surface area contributed by atoms with Crippen molar-refractivity contribution in [2.45, 2.75) is 18.9 Å². The number of ether oxygens (including phenoxy) is 1. The zero-order chi connectivity index (χ0) is 23.9. The quantitative estimate of drug-likeness (QED) is 0.280. The molecular formula is C24H25N5O5. The lowest BCUT2D eigenvalue weighted by Crippen LogP contribution is -2.36. The molecule has 0 radical (unpaired) electrons. The number of amides is 1. The Morgan fingerprint density at radius 1 is 1.15 bits per heavy atom. The van der Waals surface area contributed by atoms with Crippen molar-refractivity contribution in [2.24, 2.45) is 0 Å².